The van der Waals surface area contributed by atoms with Gasteiger partial charge in [0.05, 0.1) is 17.6 Å². The number of rotatable bonds is 3. The number of anilines is 2. The van der Waals surface area contributed by atoms with Crippen LogP contribution in [0.5, 0.6) is 0 Å². The highest BCUT2D eigenvalue weighted by atomic mass is 16.3. The summed E-state index contributed by atoms with van der Waals surface area (Å²) in [7, 11) is 0. The number of allylic oxidation sites excluding steroid dienone is 1. The van der Waals surface area contributed by atoms with E-state index in [2.05, 4.69) is 24.5 Å². The van der Waals surface area contributed by atoms with Gasteiger partial charge in [-0.3, -0.25) is 9.59 Å². The summed E-state index contributed by atoms with van der Waals surface area (Å²) >= 11 is 0. The summed E-state index contributed by atoms with van der Waals surface area (Å²) in [6.07, 6.45) is 2.86. The van der Waals surface area contributed by atoms with E-state index in [1.165, 1.54) is 0 Å². The number of nitrogens with one attached hydrogen (secondary N) is 2. The number of fused-ring (bicyclic) bond motifs is 1. The van der Waals surface area contributed by atoms with Gasteiger partial charge in [-0.05, 0) is 42.2 Å². The van der Waals surface area contributed by atoms with Crippen LogP contribution in [0, 0.1) is 5.41 Å². The van der Waals surface area contributed by atoms with E-state index in [-0.39, 0.29) is 17.0 Å². The first-order valence-corrected chi connectivity index (χ1v) is 10.5. The molecule has 0 amide bonds. The molecule has 1 aliphatic carbocycles. The minimum atomic E-state index is -0.413. The van der Waals surface area contributed by atoms with Crippen molar-refractivity contribution in [3.8, 4) is 0 Å². The standard InChI is InChI=1S/C26H24N2O3/c1-26(2)14-20-23(21(29)15-26)24(22-9-6-12-31-22)28-19-13-17(10-11-18(19)27-20)25(30)16-7-4-3-5-8-16/h3-13,24,27-28H,14-15H2,1-2H3/t24-/m1/s1. The molecule has 1 aliphatic heterocycles. The molecule has 1 atom stereocenters. The van der Waals surface area contributed by atoms with Crippen LogP contribution in [0.3, 0.4) is 0 Å². The SMILES string of the molecule is CC1(C)CC(=O)C2=C(C1)Nc1ccc(C(=O)c3ccccc3)cc1N[C@@H]2c1ccco1. The molecule has 5 heteroatoms. The molecule has 0 spiro atoms. The van der Waals surface area contributed by atoms with Crippen molar-refractivity contribution in [3.63, 3.8) is 0 Å². The van der Waals surface area contributed by atoms with Gasteiger partial charge in [0.15, 0.2) is 11.6 Å². The number of furan rings is 1. The number of ketones is 2. The minimum absolute atomic E-state index is 0.0427. The Morgan fingerprint density at radius 3 is 2.52 bits per heavy atom. The summed E-state index contributed by atoms with van der Waals surface area (Å²) in [6.45, 7) is 4.22. The highest BCUT2D eigenvalue weighted by Gasteiger charge is 2.39. The number of carbonyl (C=O) groups excluding carboxylic acids is 2. The van der Waals surface area contributed by atoms with Crippen molar-refractivity contribution in [1.82, 2.24) is 0 Å². The van der Waals surface area contributed by atoms with E-state index >= 15 is 0 Å². The molecule has 156 valence electrons. The summed E-state index contributed by atoms with van der Waals surface area (Å²) < 4.78 is 5.70. The van der Waals surface area contributed by atoms with Crippen LogP contribution in [-0.4, -0.2) is 11.6 Å². The maximum Gasteiger partial charge on any atom is 0.193 e. The van der Waals surface area contributed by atoms with Gasteiger partial charge < -0.3 is 15.1 Å². The molecule has 2 aromatic carbocycles. The van der Waals surface area contributed by atoms with Crippen molar-refractivity contribution < 1.29 is 14.0 Å². The molecular formula is C26H24N2O3. The Balaban J connectivity index is 1.59. The van der Waals surface area contributed by atoms with E-state index in [1.807, 2.05) is 60.7 Å². The van der Waals surface area contributed by atoms with E-state index in [9.17, 15) is 9.59 Å². The molecule has 0 unspecified atom stereocenters. The number of carbonyl (C=O) groups is 2. The quantitative estimate of drug-likeness (QED) is 0.537. The predicted molar refractivity (Wildman–Crippen MR) is 120 cm³/mol. The van der Waals surface area contributed by atoms with Crippen molar-refractivity contribution in [2.75, 3.05) is 10.6 Å². The largest absolute Gasteiger partial charge is 0.467 e. The minimum Gasteiger partial charge on any atom is -0.467 e. The van der Waals surface area contributed by atoms with E-state index in [0.29, 0.717) is 28.9 Å². The topological polar surface area (TPSA) is 71.3 Å². The van der Waals surface area contributed by atoms with Gasteiger partial charge in [-0.25, -0.2) is 0 Å². The molecule has 2 heterocycles. The molecular weight excluding hydrogens is 388 g/mol. The van der Waals surface area contributed by atoms with E-state index in [0.717, 1.165) is 23.5 Å². The van der Waals surface area contributed by atoms with Crippen molar-refractivity contribution in [3.05, 3.63) is 95.1 Å². The van der Waals surface area contributed by atoms with Crippen molar-refractivity contribution in [1.29, 1.82) is 0 Å². The molecule has 5 rings (SSSR count). The molecule has 2 N–H and O–H groups in total. The lowest BCUT2D eigenvalue weighted by Crippen LogP contribution is -2.31. The Bertz CT molecular complexity index is 1190. The second-order valence-electron chi connectivity index (χ2n) is 9.01. The Kier molecular flexibility index (Phi) is 4.54. The average Bonchev–Trinajstić information content (AvgIpc) is 3.22. The second kappa shape index (κ2) is 7.27. The molecule has 0 bridgehead atoms. The fourth-order valence-electron chi connectivity index (χ4n) is 4.51. The number of Topliss-reactive ketones (excluding diaryl/α,β-unsaturated/α-hetero) is 1. The third-order valence-electron chi connectivity index (χ3n) is 5.94. The van der Waals surface area contributed by atoms with E-state index < -0.39 is 6.04 Å². The smallest absolute Gasteiger partial charge is 0.193 e. The zero-order valence-corrected chi connectivity index (χ0v) is 17.6. The van der Waals surface area contributed by atoms with E-state index in [4.69, 9.17) is 4.42 Å². The first kappa shape index (κ1) is 19.4. The van der Waals surface area contributed by atoms with Gasteiger partial charge in [0.25, 0.3) is 0 Å². The highest BCUT2D eigenvalue weighted by Crippen LogP contribution is 2.45. The summed E-state index contributed by atoms with van der Waals surface area (Å²) in [5, 5.41) is 6.97. The maximum absolute atomic E-state index is 13.2. The molecule has 5 nitrogen and oxygen atoms in total. The molecule has 1 aromatic heterocycles. The summed E-state index contributed by atoms with van der Waals surface area (Å²) in [5.41, 5.74) is 4.34. The maximum atomic E-state index is 13.2. The van der Waals surface area contributed by atoms with Crippen LogP contribution in [-0.2, 0) is 4.79 Å². The summed E-state index contributed by atoms with van der Waals surface area (Å²) in [4.78, 5) is 26.2. The zero-order chi connectivity index (χ0) is 21.6. The van der Waals surface area contributed by atoms with Gasteiger partial charge in [0.2, 0.25) is 0 Å². The van der Waals surface area contributed by atoms with E-state index in [1.54, 1.807) is 6.26 Å². The Labute approximate surface area is 181 Å². The number of hydrogen-bond acceptors (Lipinski definition) is 5. The fraction of sp³-hybridized carbons (Fsp3) is 0.231. The summed E-state index contributed by atoms with van der Waals surface area (Å²) in [5.74, 6) is 0.745. The lowest BCUT2D eigenvalue weighted by atomic mass is 9.74. The van der Waals surface area contributed by atoms with Crippen LogP contribution in [0.4, 0.5) is 11.4 Å². The zero-order valence-electron chi connectivity index (χ0n) is 17.6. The van der Waals surface area contributed by atoms with Gasteiger partial charge in [-0.2, -0.15) is 0 Å². The molecule has 31 heavy (non-hydrogen) atoms. The Hall–Kier alpha value is -3.60. The normalized spacial score (nSPS) is 19.5. The molecule has 0 saturated heterocycles. The number of benzene rings is 2. The molecule has 2 aliphatic rings. The van der Waals surface area contributed by atoms with Crippen LogP contribution in [0.2, 0.25) is 0 Å². The monoisotopic (exact) mass is 412 g/mol. The first-order chi connectivity index (χ1) is 14.9. The predicted octanol–water partition coefficient (Wildman–Crippen LogP) is 5.73. The van der Waals surface area contributed by atoms with Crippen LogP contribution in [0.25, 0.3) is 0 Å². The highest BCUT2D eigenvalue weighted by molar-refractivity contribution is 6.10. The van der Waals surface area contributed by atoms with Crippen molar-refractivity contribution in [2.24, 2.45) is 5.41 Å². The Morgan fingerprint density at radius 2 is 1.77 bits per heavy atom. The third kappa shape index (κ3) is 3.56. The van der Waals surface area contributed by atoms with Crippen LogP contribution in [0.1, 0.15) is 54.4 Å². The average molecular weight is 412 g/mol. The Morgan fingerprint density at radius 1 is 0.968 bits per heavy atom. The van der Waals surface area contributed by atoms with Crippen molar-refractivity contribution >= 4 is 22.9 Å². The molecule has 3 aromatic rings. The second-order valence-corrected chi connectivity index (χ2v) is 9.01. The molecule has 0 saturated carbocycles. The number of hydrogen-bond donors (Lipinski definition) is 2. The van der Waals surface area contributed by atoms with Crippen LogP contribution in [0.15, 0.2) is 82.6 Å². The van der Waals surface area contributed by atoms with Gasteiger partial charge in [-0.15, -0.1) is 0 Å². The summed E-state index contributed by atoms with van der Waals surface area (Å²) in [6, 6.07) is 18.1. The lowest BCUT2D eigenvalue weighted by molar-refractivity contribution is -0.118. The lowest BCUT2D eigenvalue weighted by Gasteiger charge is -2.33. The van der Waals surface area contributed by atoms with Gasteiger partial charge >= 0.3 is 0 Å². The molecule has 0 radical (unpaired) electrons. The molecule has 0 fully saturated rings. The van der Waals surface area contributed by atoms with Crippen LogP contribution >= 0.6 is 0 Å². The first-order valence-electron chi connectivity index (χ1n) is 10.5. The van der Waals surface area contributed by atoms with Crippen LogP contribution < -0.4 is 10.6 Å². The van der Waals surface area contributed by atoms with Crippen molar-refractivity contribution in [2.45, 2.75) is 32.7 Å². The van der Waals surface area contributed by atoms with Gasteiger partial charge in [-0.1, -0.05) is 44.2 Å². The fourth-order valence-corrected chi connectivity index (χ4v) is 4.51. The van der Waals surface area contributed by atoms with Gasteiger partial charge in [0.1, 0.15) is 11.8 Å². The third-order valence-corrected chi connectivity index (χ3v) is 5.94. The van der Waals surface area contributed by atoms with Gasteiger partial charge in [0, 0.05) is 28.8 Å².